The third-order valence-electron chi connectivity index (χ3n) is 6.73. The number of aliphatic hydroxyl groups excluding tert-OH is 1. The van der Waals surface area contributed by atoms with Crippen LogP contribution in [-0.2, 0) is 17.9 Å². The minimum absolute atomic E-state index is 0.127. The molecule has 4 aromatic rings. The molecule has 1 unspecified atom stereocenters. The van der Waals surface area contributed by atoms with Crippen LogP contribution in [0.5, 0.6) is 0 Å². The summed E-state index contributed by atoms with van der Waals surface area (Å²) in [6.07, 6.45) is 6.80. The van der Waals surface area contributed by atoms with Gasteiger partial charge in [-0.15, -0.1) is 11.3 Å². The van der Waals surface area contributed by atoms with Crippen LogP contribution in [0.2, 0.25) is 0 Å². The fraction of sp³-hybridized carbons (Fsp3) is 0.345. The first-order chi connectivity index (χ1) is 19.2. The van der Waals surface area contributed by atoms with E-state index < -0.39 is 0 Å². The van der Waals surface area contributed by atoms with Gasteiger partial charge in [0.15, 0.2) is 0 Å². The van der Waals surface area contributed by atoms with Gasteiger partial charge >= 0.3 is 0 Å². The number of amides is 2. The number of fused-ring (bicyclic) bond motifs is 1. The van der Waals surface area contributed by atoms with Crippen LogP contribution < -0.4 is 5.32 Å². The van der Waals surface area contributed by atoms with Gasteiger partial charge < -0.3 is 14.6 Å². The standard InChI is InChI=1S/C29H31N7O3S/c1-29(2,3)15-20(16-30)27(39)34-12-4-6-21(34)17-35-23-8-7-19(18-37)14-22(23)32-28(35)33-26(38)24-9-10-25(40-24)36-13-5-11-31-36/h5,7-11,13-15,21,37H,4,6,12,17-18H2,1-3H3,(H,32,33,38). The highest BCUT2D eigenvalue weighted by Crippen LogP contribution is 2.29. The number of benzene rings is 1. The number of carbonyl (C=O) groups is 2. The van der Waals surface area contributed by atoms with Crippen molar-refractivity contribution in [2.75, 3.05) is 11.9 Å². The number of aliphatic hydroxyl groups is 1. The average molecular weight is 558 g/mol. The van der Waals surface area contributed by atoms with Crippen molar-refractivity contribution in [2.24, 2.45) is 5.41 Å². The molecule has 1 fully saturated rings. The fourth-order valence-electron chi connectivity index (χ4n) is 4.92. The SMILES string of the molecule is CC(C)(C)C=C(C#N)C(=O)N1CCCC1Cn1c(NC(=O)c2ccc(-n3cccn3)s2)nc2cc(CO)ccc21. The van der Waals surface area contributed by atoms with E-state index in [0.717, 1.165) is 23.4 Å². The normalized spacial score (nSPS) is 15.9. The molecule has 3 aromatic heterocycles. The Morgan fingerprint density at radius 2 is 2.10 bits per heavy atom. The maximum atomic E-state index is 13.4. The molecule has 40 heavy (non-hydrogen) atoms. The molecular formula is C29H31N7O3S. The Labute approximate surface area is 236 Å². The number of thiophene rings is 1. The summed E-state index contributed by atoms with van der Waals surface area (Å²) in [5, 5.41) is 27.4. The molecule has 2 amide bonds. The van der Waals surface area contributed by atoms with E-state index in [9.17, 15) is 20.0 Å². The molecule has 11 heteroatoms. The molecule has 206 valence electrons. The third-order valence-corrected chi connectivity index (χ3v) is 7.80. The molecule has 0 bridgehead atoms. The Morgan fingerprint density at radius 1 is 1.27 bits per heavy atom. The van der Waals surface area contributed by atoms with E-state index >= 15 is 0 Å². The summed E-state index contributed by atoms with van der Waals surface area (Å²) in [4.78, 5) is 33.6. The lowest BCUT2D eigenvalue weighted by atomic mass is 9.93. The van der Waals surface area contributed by atoms with Crippen LogP contribution in [-0.4, -0.2) is 53.7 Å². The smallest absolute Gasteiger partial charge is 0.268 e. The second-order valence-electron chi connectivity index (χ2n) is 10.9. The molecule has 1 saturated heterocycles. The van der Waals surface area contributed by atoms with Crippen LogP contribution >= 0.6 is 11.3 Å². The number of aromatic nitrogens is 4. The van der Waals surface area contributed by atoms with Gasteiger partial charge in [-0.2, -0.15) is 10.4 Å². The average Bonchev–Trinajstić information content (AvgIpc) is 3.73. The summed E-state index contributed by atoms with van der Waals surface area (Å²) in [7, 11) is 0. The molecule has 1 aromatic carbocycles. The zero-order valence-electron chi connectivity index (χ0n) is 22.7. The highest BCUT2D eigenvalue weighted by Gasteiger charge is 2.32. The zero-order chi connectivity index (χ0) is 28.4. The van der Waals surface area contributed by atoms with Gasteiger partial charge in [-0.25, -0.2) is 9.67 Å². The maximum Gasteiger partial charge on any atom is 0.268 e. The van der Waals surface area contributed by atoms with E-state index in [1.54, 1.807) is 34.0 Å². The monoisotopic (exact) mass is 557 g/mol. The van der Waals surface area contributed by atoms with Crippen LogP contribution in [0.15, 0.2) is 60.4 Å². The number of hydrogen-bond donors (Lipinski definition) is 2. The maximum absolute atomic E-state index is 13.4. The zero-order valence-corrected chi connectivity index (χ0v) is 23.5. The highest BCUT2D eigenvalue weighted by molar-refractivity contribution is 7.16. The molecule has 4 heterocycles. The summed E-state index contributed by atoms with van der Waals surface area (Å²) in [6, 6.07) is 12.8. The Balaban J connectivity index is 1.45. The quantitative estimate of drug-likeness (QED) is 0.254. The molecule has 1 aliphatic rings. The number of likely N-dealkylation sites (tertiary alicyclic amines) is 1. The predicted molar refractivity (Wildman–Crippen MR) is 153 cm³/mol. The first kappa shape index (κ1) is 27.3. The van der Waals surface area contributed by atoms with Crippen LogP contribution in [0.25, 0.3) is 16.0 Å². The van der Waals surface area contributed by atoms with E-state index in [1.165, 1.54) is 11.3 Å². The number of nitrogens with one attached hydrogen (secondary N) is 1. The van der Waals surface area contributed by atoms with Crippen molar-refractivity contribution in [1.29, 1.82) is 5.26 Å². The van der Waals surface area contributed by atoms with Gasteiger partial charge in [0.1, 0.15) is 16.6 Å². The number of rotatable bonds is 7. The van der Waals surface area contributed by atoms with Gasteiger partial charge in [-0.1, -0.05) is 32.9 Å². The molecule has 0 radical (unpaired) electrons. The minimum Gasteiger partial charge on any atom is -0.392 e. The first-order valence-electron chi connectivity index (χ1n) is 13.1. The lowest BCUT2D eigenvalue weighted by molar-refractivity contribution is -0.127. The van der Waals surface area contributed by atoms with Crippen molar-refractivity contribution in [3.8, 4) is 11.1 Å². The number of allylic oxidation sites excluding steroid dienone is 1. The summed E-state index contributed by atoms with van der Waals surface area (Å²) >= 11 is 1.31. The Hall–Kier alpha value is -4.27. The third kappa shape index (κ3) is 5.68. The van der Waals surface area contributed by atoms with Gasteiger partial charge in [0.05, 0.1) is 28.6 Å². The Kier molecular flexibility index (Phi) is 7.56. The number of anilines is 1. The Bertz CT molecular complexity index is 1620. The Morgan fingerprint density at radius 3 is 2.80 bits per heavy atom. The highest BCUT2D eigenvalue weighted by atomic mass is 32.1. The number of nitriles is 1. The predicted octanol–water partition coefficient (Wildman–Crippen LogP) is 4.52. The number of imidazole rings is 1. The van der Waals surface area contributed by atoms with Gasteiger partial charge in [-0.3, -0.25) is 14.9 Å². The van der Waals surface area contributed by atoms with E-state index in [1.807, 2.05) is 55.8 Å². The molecule has 2 N–H and O–H groups in total. The van der Waals surface area contributed by atoms with E-state index in [0.29, 0.717) is 35.0 Å². The topological polar surface area (TPSA) is 129 Å². The first-order valence-corrected chi connectivity index (χ1v) is 13.9. The number of hydrogen-bond acceptors (Lipinski definition) is 7. The molecular weight excluding hydrogens is 526 g/mol. The van der Waals surface area contributed by atoms with Crippen molar-refractivity contribution in [3.05, 3.63) is 70.9 Å². The van der Waals surface area contributed by atoms with Crippen molar-refractivity contribution < 1.29 is 14.7 Å². The number of carbonyl (C=O) groups excluding carboxylic acids is 2. The van der Waals surface area contributed by atoms with Gasteiger partial charge in [0.2, 0.25) is 5.95 Å². The second kappa shape index (κ2) is 11.1. The van der Waals surface area contributed by atoms with Crippen LogP contribution in [0, 0.1) is 16.7 Å². The lowest BCUT2D eigenvalue weighted by Crippen LogP contribution is -2.39. The second-order valence-corrected chi connectivity index (χ2v) is 12.0. The van der Waals surface area contributed by atoms with Gasteiger partial charge in [-0.05, 0) is 54.2 Å². The minimum atomic E-state index is -0.308. The van der Waals surface area contributed by atoms with E-state index in [-0.39, 0.29) is 35.5 Å². The summed E-state index contributed by atoms with van der Waals surface area (Å²) in [5.74, 6) is -0.224. The van der Waals surface area contributed by atoms with Crippen molar-refractivity contribution >= 4 is 40.1 Å². The van der Waals surface area contributed by atoms with Gasteiger partial charge in [0.25, 0.3) is 11.8 Å². The van der Waals surface area contributed by atoms with Crippen LogP contribution in [0.1, 0.15) is 48.8 Å². The molecule has 0 saturated carbocycles. The molecule has 1 aliphatic heterocycles. The van der Waals surface area contributed by atoms with Crippen LogP contribution in [0.4, 0.5) is 5.95 Å². The molecule has 10 nitrogen and oxygen atoms in total. The van der Waals surface area contributed by atoms with E-state index in [4.69, 9.17) is 4.98 Å². The van der Waals surface area contributed by atoms with E-state index in [2.05, 4.69) is 16.5 Å². The van der Waals surface area contributed by atoms with Crippen LogP contribution in [0.3, 0.4) is 0 Å². The van der Waals surface area contributed by atoms with Crippen molar-refractivity contribution in [2.45, 2.75) is 52.8 Å². The van der Waals surface area contributed by atoms with Crippen molar-refractivity contribution in [3.63, 3.8) is 0 Å². The lowest BCUT2D eigenvalue weighted by Gasteiger charge is -2.26. The molecule has 0 aliphatic carbocycles. The van der Waals surface area contributed by atoms with Crippen molar-refractivity contribution in [1.82, 2.24) is 24.2 Å². The summed E-state index contributed by atoms with van der Waals surface area (Å²) in [5.41, 5.74) is 1.95. The summed E-state index contributed by atoms with van der Waals surface area (Å²) in [6.45, 7) is 6.69. The molecule has 1 atom stereocenters. The molecule has 5 rings (SSSR count). The number of nitrogens with zero attached hydrogens (tertiary/aromatic N) is 6. The molecule has 0 spiro atoms. The fourth-order valence-corrected chi connectivity index (χ4v) is 5.77. The summed E-state index contributed by atoms with van der Waals surface area (Å²) < 4.78 is 3.61. The van der Waals surface area contributed by atoms with Gasteiger partial charge in [0, 0.05) is 25.5 Å². The largest absolute Gasteiger partial charge is 0.392 e.